The van der Waals surface area contributed by atoms with Gasteiger partial charge in [0.1, 0.15) is 11.9 Å². The first kappa shape index (κ1) is 13.9. The van der Waals surface area contributed by atoms with Gasteiger partial charge in [0, 0.05) is 18.1 Å². The molecule has 0 radical (unpaired) electrons. The second-order valence-corrected chi connectivity index (χ2v) is 6.72. The number of halogens is 2. The van der Waals surface area contributed by atoms with Gasteiger partial charge >= 0.3 is 0 Å². The monoisotopic (exact) mass is 355 g/mol. The molecular formula is C14H15BrClN3O. The van der Waals surface area contributed by atoms with E-state index < -0.39 is 0 Å². The zero-order valence-electron chi connectivity index (χ0n) is 11.3. The van der Waals surface area contributed by atoms with E-state index in [2.05, 4.69) is 20.9 Å². The average Bonchev–Trinajstić information content (AvgIpc) is 2.91. The molecule has 1 fully saturated rings. The van der Waals surface area contributed by atoms with Gasteiger partial charge in [-0.15, -0.1) is 11.6 Å². The Kier molecular flexibility index (Phi) is 3.50. The number of nitrogens with zero attached hydrogens (tertiary/aromatic N) is 3. The van der Waals surface area contributed by atoms with Crippen molar-refractivity contribution in [1.29, 1.82) is 0 Å². The van der Waals surface area contributed by atoms with Crippen molar-refractivity contribution in [1.82, 2.24) is 14.5 Å². The summed E-state index contributed by atoms with van der Waals surface area (Å²) in [6, 6.07) is 5.72. The van der Waals surface area contributed by atoms with Crippen molar-refractivity contribution in [2.75, 3.05) is 13.6 Å². The summed E-state index contributed by atoms with van der Waals surface area (Å²) in [5.41, 5.74) is 1.83. The summed E-state index contributed by atoms with van der Waals surface area (Å²) in [4.78, 5) is 18.7. The van der Waals surface area contributed by atoms with Gasteiger partial charge in [-0.3, -0.25) is 4.79 Å². The molecule has 106 valence electrons. The lowest BCUT2D eigenvalue weighted by atomic mass is 10.2. The molecule has 2 aromatic rings. The molecule has 1 aliphatic heterocycles. The standard InChI is InChI=1S/C14H15BrClN3O/c1-8(16)13-17-10-7-9(15)3-4-11(10)19(13)12-5-6-18(2)14(12)20/h3-4,7-8,12H,5-6H2,1-2H3. The maximum absolute atomic E-state index is 12.3. The molecule has 20 heavy (non-hydrogen) atoms. The van der Waals surface area contributed by atoms with Crippen molar-refractivity contribution in [3.8, 4) is 0 Å². The fourth-order valence-electron chi connectivity index (χ4n) is 2.74. The Bertz CT molecular complexity index is 682. The first-order chi connectivity index (χ1) is 9.49. The van der Waals surface area contributed by atoms with Gasteiger partial charge in [-0.2, -0.15) is 0 Å². The van der Waals surface area contributed by atoms with E-state index in [0.29, 0.717) is 0 Å². The molecule has 1 amide bonds. The fourth-order valence-corrected chi connectivity index (χ4v) is 3.25. The lowest BCUT2D eigenvalue weighted by Crippen LogP contribution is -2.25. The third kappa shape index (κ3) is 2.13. The van der Waals surface area contributed by atoms with Crippen LogP contribution >= 0.6 is 27.5 Å². The second-order valence-electron chi connectivity index (χ2n) is 5.15. The number of fused-ring (bicyclic) bond motifs is 1. The second kappa shape index (κ2) is 5.04. The highest BCUT2D eigenvalue weighted by molar-refractivity contribution is 9.10. The van der Waals surface area contributed by atoms with Crippen LogP contribution in [-0.4, -0.2) is 34.0 Å². The molecule has 1 aromatic carbocycles. The van der Waals surface area contributed by atoms with Crippen LogP contribution in [0.3, 0.4) is 0 Å². The van der Waals surface area contributed by atoms with Gasteiger partial charge in [0.25, 0.3) is 0 Å². The molecule has 0 aliphatic carbocycles. The summed E-state index contributed by atoms with van der Waals surface area (Å²) in [5.74, 6) is 0.888. The molecule has 6 heteroatoms. The molecule has 2 heterocycles. The highest BCUT2D eigenvalue weighted by Gasteiger charge is 2.33. The fraction of sp³-hybridized carbons (Fsp3) is 0.429. The molecule has 2 unspecified atom stereocenters. The Hall–Kier alpha value is -1.07. The third-order valence-electron chi connectivity index (χ3n) is 3.75. The number of aromatic nitrogens is 2. The number of likely N-dealkylation sites (N-methyl/N-ethyl adjacent to an activating group) is 1. The Balaban J connectivity index is 2.22. The molecule has 4 nitrogen and oxygen atoms in total. The molecule has 0 spiro atoms. The van der Waals surface area contributed by atoms with E-state index in [9.17, 15) is 4.79 Å². The van der Waals surface area contributed by atoms with E-state index in [4.69, 9.17) is 11.6 Å². The summed E-state index contributed by atoms with van der Waals surface area (Å²) in [6.45, 7) is 2.66. The van der Waals surface area contributed by atoms with Crippen LogP contribution in [0.25, 0.3) is 11.0 Å². The maximum atomic E-state index is 12.3. The van der Waals surface area contributed by atoms with E-state index in [1.54, 1.807) is 4.90 Å². The lowest BCUT2D eigenvalue weighted by molar-refractivity contribution is -0.129. The summed E-state index contributed by atoms with van der Waals surface area (Å²) < 4.78 is 2.98. The normalized spacial score (nSPS) is 20.9. The van der Waals surface area contributed by atoms with Crippen LogP contribution in [0.1, 0.15) is 30.6 Å². The van der Waals surface area contributed by atoms with Crippen molar-refractivity contribution in [2.24, 2.45) is 0 Å². The van der Waals surface area contributed by atoms with Gasteiger partial charge < -0.3 is 9.47 Å². The van der Waals surface area contributed by atoms with Gasteiger partial charge in [-0.1, -0.05) is 15.9 Å². The Morgan fingerprint density at radius 1 is 1.50 bits per heavy atom. The van der Waals surface area contributed by atoms with Crippen LogP contribution in [0.15, 0.2) is 22.7 Å². The largest absolute Gasteiger partial charge is 0.344 e. The summed E-state index contributed by atoms with van der Waals surface area (Å²) in [5, 5.41) is -0.236. The maximum Gasteiger partial charge on any atom is 0.245 e. The summed E-state index contributed by atoms with van der Waals surface area (Å²) in [6.07, 6.45) is 0.799. The van der Waals surface area contributed by atoms with Crippen LogP contribution in [0.4, 0.5) is 0 Å². The molecule has 3 rings (SSSR count). The van der Waals surface area contributed by atoms with Crippen LogP contribution < -0.4 is 0 Å². The number of imidazole rings is 1. The van der Waals surface area contributed by atoms with Gasteiger partial charge in [0.05, 0.1) is 16.4 Å². The van der Waals surface area contributed by atoms with Crippen molar-refractivity contribution in [3.05, 3.63) is 28.5 Å². The molecule has 0 N–H and O–H groups in total. The lowest BCUT2D eigenvalue weighted by Gasteiger charge is -2.16. The zero-order valence-corrected chi connectivity index (χ0v) is 13.6. The average molecular weight is 357 g/mol. The number of likely N-dealkylation sites (tertiary alicyclic amines) is 1. The number of hydrogen-bond donors (Lipinski definition) is 0. The van der Waals surface area contributed by atoms with Crippen LogP contribution in [-0.2, 0) is 4.79 Å². The van der Waals surface area contributed by atoms with Gasteiger partial charge in [-0.25, -0.2) is 4.98 Å². The molecule has 2 atom stereocenters. The highest BCUT2D eigenvalue weighted by atomic mass is 79.9. The number of carbonyl (C=O) groups is 1. The molecule has 0 bridgehead atoms. The summed E-state index contributed by atoms with van der Waals surface area (Å²) >= 11 is 9.71. The Morgan fingerprint density at radius 2 is 2.25 bits per heavy atom. The van der Waals surface area contributed by atoms with E-state index in [-0.39, 0.29) is 17.3 Å². The van der Waals surface area contributed by atoms with E-state index in [0.717, 1.165) is 34.3 Å². The van der Waals surface area contributed by atoms with Crippen molar-refractivity contribution in [2.45, 2.75) is 24.8 Å². The molecule has 1 aliphatic rings. The SMILES string of the molecule is CC(Cl)c1nc2cc(Br)ccc2n1C1CCN(C)C1=O. The van der Waals surface area contributed by atoms with Crippen molar-refractivity contribution >= 4 is 44.5 Å². The molecule has 0 saturated carbocycles. The molecule has 1 aromatic heterocycles. The third-order valence-corrected chi connectivity index (χ3v) is 4.43. The van der Waals surface area contributed by atoms with Crippen LogP contribution in [0.5, 0.6) is 0 Å². The Morgan fingerprint density at radius 3 is 2.85 bits per heavy atom. The first-order valence-electron chi connectivity index (χ1n) is 6.55. The number of rotatable bonds is 2. The minimum Gasteiger partial charge on any atom is -0.344 e. The predicted octanol–water partition coefficient (Wildman–Crippen LogP) is 3.50. The number of hydrogen-bond acceptors (Lipinski definition) is 2. The van der Waals surface area contributed by atoms with E-state index in [1.165, 1.54) is 0 Å². The number of amides is 1. The van der Waals surface area contributed by atoms with Crippen LogP contribution in [0.2, 0.25) is 0 Å². The summed E-state index contributed by atoms with van der Waals surface area (Å²) in [7, 11) is 1.84. The van der Waals surface area contributed by atoms with E-state index >= 15 is 0 Å². The first-order valence-corrected chi connectivity index (χ1v) is 7.78. The van der Waals surface area contributed by atoms with Crippen molar-refractivity contribution < 1.29 is 4.79 Å². The quantitative estimate of drug-likeness (QED) is 0.772. The number of alkyl halides is 1. The topological polar surface area (TPSA) is 38.1 Å². The van der Waals surface area contributed by atoms with Gasteiger partial charge in [-0.05, 0) is 31.5 Å². The number of carbonyl (C=O) groups excluding carboxylic acids is 1. The van der Waals surface area contributed by atoms with Gasteiger partial charge in [0.15, 0.2) is 0 Å². The predicted molar refractivity (Wildman–Crippen MR) is 83.0 cm³/mol. The van der Waals surface area contributed by atoms with E-state index in [1.807, 2.05) is 36.7 Å². The Labute approximate surface area is 130 Å². The van der Waals surface area contributed by atoms with Crippen molar-refractivity contribution in [3.63, 3.8) is 0 Å². The highest BCUT2D eigenvalue weighted by Crippen LogP contribution is 2.33. The smallest absolute Gasteiger partial charge is 0.245 e. The van der Waals surface area contributed by atoms with Gasteiger partial charge in [0.2, 0.25) is 5.91 Å². The zero-order chi connectivity index (χ0) is 14.4. The van der Waals surface area contributed by atoms with Crippen LogP contribution in [0, 0.1) is 0 Å². The minimum absolute atomic E-state index is 0.130. The molecule has 1 saturated heterocycles. The minimum atomic E-state index is -0.236. The molecular weight excluding hydrogens is 342 g/mol. The number of benzene rings is 1.